The minimum Gasteiger partial charge on any atom is -0.461 e. The summed E-state index contributed by atoms with van der Waals surface area (Å²) >= 11 is 1.88. The Morgan fingerprint density at radius 1 is 1.41 bits per heavy atom. The number of rotatable bonds is 3. The van der Waals surface area contributed by atoms with Crippen molar-refractivity contribution in [1.29, 1.82) is 0 Å². The minimum atomic E-state index is 0.0185. The molecule has 1 heterocycles. The Labute approximate surface area is 108 Å². The highest BCUT2D eigenvalue weighted by Gasteiger charge is 2.61. The van der Waals surface area contributed by atoms with Crippen molar-refractivity contribution in [2.75, 3.05) is 11.5 Å². The van der Waals surface area contributed by atoms with Gasteiger partial charge < -0.3 is 4.74 Å². The quantitative estimate of drug-likeness (QED) is 0.571. The first-order valence-electron chi connectivity index (χ1n) is 6.36. The van der Waals surface area contributed by atoms with Gasteiger partial charge in [-0.3, -0.25) is 4.79 Å². The number of esters is 1. The SMILES string of the molecule is CC(C)=CC1C(C(=O)OC2CCSC2)C1(C)C. The van der Waals surface area contributed by atoms with E-state index >= 15 is 0 Å². The molecule has 3 heteroatoms. The van der Waals surface area contributed by atoms with Gasteiger partial charge in [0.2, 0.25) is 0 Å². The van der Waals surface area contributed by atoms with E-state index in [1.807, 2.05) is 11.8 Å². The van der Waals surface area contributed by atoms with E-state index in [1.165, 1.54) is 5.57 Å². The van der Waals surface area contributed by atoms with Gasteiger partial charge in [0.15, 0.2) is 0 Å². The van der Waals surface area contributed by atoms with E-state index in [2.05, 4.69) is 33.8 Å². The summed E-state index contributed by atoms with van der Waals surface area (Å²) < 4.78 is 5.59. The number of thioether (sulfide) groups is 1. The molecule has 1 saturated carbocycles. The Bertz CT molecular complexity index is 336. The first-order valence-corrected chi connectivity index (χ1v) is 7.51. The number of carbonyl (C=O) groups is 1. The summed E-state index contributed by atoms with van der Waals surface area (Å²) in [5, 5.41) is 0. The number of allylic oxidation sites excluding steroid dienone is 2. The van der Waals surface area contributed by atoms with Gasteiger partial charge in [-0.2, -0.15) is 11.8 Å². The molecule has 0 radical (unpaired) electrons. The Morgan fingerprint density at radius 3 is 2.65 bits per heavy atom. The Hall–Kier alpha value is -0.440. The van der Waals surface area contributed by atoms with Gasteiger partial charge in [0.05, 0.1) is 5.92 Å². The maximum Gasteiger partial charge on any atom is 0.310 e. The third-order valence-corrected chi connectivity index (χ3v) is 4.98. The third kappa shape index (κ3) is 2.70. The van der Waals surface area contributed by atoms with Gasteiger partial charge in [0, 0.05) is 5.75 Å². The summed E-state index contributed by atoms with van der Waals surface area (Å²) in [6.45, 7) is 8.49. The van der Waals surface area contributed by atoms with Crippen molar-refractivity contribution in [1.82, 2.24) is 0 Å². The van der Waals surface area contributed by atoms with Crippen molar-refractivity contribution >= 4 is 17.7 Å². The number of hydrogen-bond donors (Lipinski definition) is 0. The van der Waals surface area contributed by atoms with Crippen molar-refractivity contribution < 1.29 is 9.53 Å². The van der Waals surface area contributed by atoms with Crippen molar-refractivity contribution in [3.05, 3.63) is 11.6 Å². The average molecular weight is 254 g/mol. The summed E-state index contributed by atoms with van der Waals surface area (Å²) in [5.41, 5.74) is 1.37. The van der Waals surface area contributed by atoms with Crippen LogP contribution in [0, 0.1) is 17.3 Å². The highest BCUT2D eigenvalue weighted by molar-refractivity contribution is 7.99. The summed E-state index contributed by atoms with van der Waals surface area (Å²) in [6, 6.07) is 0. The van der Waals surface area contributed by atoms with E-state index in [1.54, 1.807) is 0 Å². The smallest absolute Gasteiger partial charge is 0.310 e. The highest BCUT2D eigenvalue weighted by Crippen LogP contribution is 2.60. The zero-order valence-electron chi connectivity index (χ0n) is 11.2. The largest absolute Gasteiger partial charge is 0.461 e. The molecule has 0 amide bonds. The average Bonchev–Trinajstić information content (AvgIpc) is 2.64. The number of hydrogen-bond acceptors (Lipinski definition) is 3. The van der Waals surface area contributed by atoms with Gasteiger partial charge in [-0.05, 0) is 37.4 Å². The fourth-order valence-electron chi connectivity index (χ4n) is 2.64. The lowest BCUT2D eigenvalue weighted by molar-refractivity contribution is -0.150. The lowest BCUT2D eigenvalue weighted by Crippen LogP contribution is -2.20. The van der Waals surface area contributed by atoms with Crippen LogP contribution in [-0.2, 0) is 9.53 Å². The normalized spacial score (nSPS) is 34.2. The van der Waals surface area contributed by atoms with E-state index in [0.717, 1.165) is 17.9 Å². The second-order valence-electron chi connectivity index (χ2n) is 5.99. The molecule has 96 valence electrons. The van der Waals surface area contributed by atoms with Crippen LogP contribution in [0.15, 0.2) is 11.6 Å². The molecule has 1 aliphatic heterocycles. The topological polar surface area (TPSA) is 26.3 Å². The maximum absolute atomic E-state index is 12.1. The van der Waals surface area contributed by atoms with E-state index in [0.29, 0.717) is 5.92 Å². The molecular weight excluding hydrogens is 232 g/mol. The lowest BCUT2D eigenvalue weighted by Gasteiger charge is -2.11. The van der Waals surface area contributed by atoms with Gasteiger partial charge in [-0.1, -0.05) is 25.5 Å². The summed E-state index contributed by atoms with van der Waals surface area (Å²) in [5.74, 6) is 2.57. The molecule has 0 N–H and O–H groups in total. The van der Waals surface area contributed by atoms with Crippen LogP contribution in [0.25, 0.3) is 0 Å². The molecule has 2 nitrogen and oxygen atoms in total. The molecule has 2 aliphatic rings. The van der Waals surface area contributed by atoms with Crippen molar-refractivity contribution in [3.63, 3.8) is 0 Å². The molecule has 0 aromatic carbocycles. The molecule has 3 atom stereocenters. The molecule has 0 aromatic rings. The molecule has 1 saturated heterocycles. The predicted molar refractivity (Wildman–Crippen MR) is 72.0 cm³/mol. The molecule has 0 spiro atoms. The first kappa shape index (κ1) is 13.0. The lowest BCUT2D eigenvalue weighted by atomic mass is 10.1. The summed E-state index contributed by atoms with van der Waals surface area (Å²) in [6.07, 6.45) is 3.41. The molecule has 2 rings (SSSR count). The Morgan fingerprint density at radius 2 is 2.12 bits per heavy atom. The van der Waals surface area contributed by atoms with Gasteiger partial charge in [-0.15, -0.1) is 0 Å². The van der Waals surface area contributed by atoms with E-state index in [9.17, 15) is 4.79 Å². The molecule has 2 fully saturated rings. The minimum absolute atomic E-state index is 0.0185. The standard InChI is InChI=1S/C14H22O2S/c1-9(2)7-11-12(14(11,3)4)13(15)16-10-5-6-17-8-10/h7,10-12H,5-6,8H2,1-4H3. The summed E-state index contributed by atoms with van der Waals surface area (Å²) in [7, 11) is 0. The van der Waals surface area contributed by atoms with Crippen LogP contribution in [0.1, 0.15) is 34.1 Å². The van der Waals surface area contributed by atoms with Gasteiger partial charge in [0.1, 0.15) is 6.10 Å². The molecule has 0 aromatic heterocycles. The number of carbonyl (C=O) groups excluding carboxylic acids is 1. The van der Waals surface area contributed by atoms with Crippen LogP contribution in [-0.4, -0.2) is 23.6 Å². The van der Waals surface area contributed by atoms with Gasteiger partial charge >= 0.3 is 5.97 Å². The highest BCUT2D eigenvalue weighted by atomic mass is 32.2. The second-order valence-corrected chi connectivity index (χ2v) is 7.14. The monoisotopic (exact) mass is 254 g/mol. The van der Waals surface area contributed by atoms with Crippen LogP contribution >= 0.6 is 11.8 Å². The maximum atomic E-state index is 12.1. The predicted octanol–water partition coefficient (Wildman–Crippen LogP) is 3.27. The molecule has 0 bridgehead atoms. The third-order valence-electron chi connectivity index (χ3n) is 3.85. The van der Waals surface area contributed by atoms with Gasteiger partial charge in [0.25, 0.3) is 0 Å². The van der Waals surface area contributed by atoms with E-state index in [4.69, 9.17) is 4.74 Å². The van der Waals surface area contributed by atoms with Crippen LogP contribution in [0.3, 0.4) is 0 Å². The fraction of sp³-hybridized carbons (Fsp3) is 0.786. The first-order chi connectivity index (χ1) is 7.93. The Balaban J connectivity index is 1.94. The van der Waals surface area contributed by atoms with Crippen LogP contribution in [0.4, 0.5) is 0 Å². The van der Waals surface area contributed by atoms with Crippen LogP contribution < -0.4 is 0 Å². The van der Waals surface area contributed by atoms with Crippen molar-refractivity contribution in [2.45, 2.75) is 40.2 Å². The number of ether oxygens (including phenoxy) is 1. The van der Waals surface area contributed by atoms with Gasteiger partial charge in [-0.25, -0.2) is 0 Å². The zero-order valence-corrected chi connectivity index (χ0v) is 12.0. The van der Waals surface area contributed by atoms with E-state index < -0.39 is 0 Å². The van der Waals surface area contributed by atoms with E-state index in [-0.39, 0.29) is 23.4 Å². The molecule has 3 unspecified atom stereocenters. The molecular formula is C14H22O2S. The fourth-order valence-corrected chi connectivity index (χ4v) is 3.74. The van der Waals surface area contributed by atoms with Crippen LogP contribution in [0.5, 0.6) is 0 Å². The van der Waals surface area contributed by atoms with Crippen molar-refractivity contribution in [2.24, 2.45) is 17.3 Å². The van der Waals surface area contributed by atoms with Crippen molar-refractivity contribution in [3.8, 4) is 0 Å². The van der Waals surface area contributed by atoms with Crippen LogP contribution in [0.2, 0.25) is 0 Å². The summed E-state index contributed by atoms with van der Waals surface area (Å²) in [4.78, 5) is 12.1. The second kappa shape index (κ2) is 4.68. The zero-order chi connectivity index (χ0) is 12.6. The molecule has 17 heavy (non-hydrogen) atoms. The molecule has 1 aliphatic carbocycles. The Kier molecular flexibility index (Phi) is 3.58.